The van der Waals surface area contributed by atoms with Gasteiger partial charge < -0.3 is 20.3 Å². The summed E-state index contributed by atoms with van der Waals surface area (Å²) in [5.74, 6) is 1.47. The molecule has 2 N–H and O–H groups in total. The summed E-state index contributed by atoms with van der Waals surface area (Å²) in [6.45, 7) is 17.0. The largest absolute Gasteiger partial charge is 0.379 e. The Labute approximate surface area is 177 Å². The lowest BCUT2D eigenvalue weighted by molar-refractivity contribution is 0.00752. The Morgan fingerprint density at radius 2 is 1.90 bits per heavy atom. The SMILES string of the molecule is CCNC(=NCc1cccc(CN(C)CC)c1)NCC(C(C)C)N1CCOCC1. The van der Waals surface area contributed by atoms with Crippen molar-refractivity contribution >= 4 is 5.96 Å². The Morgan fingerprint density at radius 1 is 1.17 bits per heavy atom. The van der Waals surface area contributed by atoms with Crippen LogP contribution < -0.4 is 10.6 Å². The van der Waals surface area contributed by atoms with Gasteiger partial charge in [-0.25, -0.2) is 4.99 Å². The molecule has 0 aromatic heterocycles. The number of benzene rings is 1. The van der Waals surface area contributed by atoms with Crippen LogP contribution in [0.25, 0.3) is 0 Å². The van der Waals surface area contributed by atoms with E-state index in [1.165, 1.54) is 11.1 Å². The Hall–Kier alpha value is -1.63. The number of aliphatic imine (C=N–C) groups is 1. The lowest BCUT2D eigenvalue weighted by Gasteiger charge is -2.37. The third kappa shape index (κ3) is 8.33. The number of nitrogens with one attached hydrogen (secondary N) is 2. The maximum absolute atomic E-state index is 5.52. The molecule has 6 nitrogen and oxygen atoms in total. The summed E-state index contributed by atoms with van der Waals surface area (Å²) in [6.07, 6.45) is 0. The highest BCUT2D eigenvalue weighted by atomic mass is 16.5. The first-order valence-corrected chi connectivity index (χ1v) is 11.1. The van der Waals surface area contributed by atoms with Crippen molar-refractivity contribution in [1.82, 2.24) is 20.4 Å². The first-order valence-electron chi connectivity index (χ1n) is 11.1. The van der Waals surface area contributed by atoms with Crippen LogP contribution in [-0.2, 0) is 17.8 Å². The summed E-state index contributed by atoms with van der Waals surface area (Å²) >= 11 is 0. The van der Waals surface area contributed by atoms with Gasteiger partial charge in [0, 0.05) is 38.8 Å². The molecular weight excluding hydrogens is 362 g/mol. The van der Waals surface area contributed by atoms with Gasteiger partial charge in [-0.1, -0.05) is 45.0 Å². The minimum Gasteiger partial charge on any atom is -0.379 e. The molecule has 0 bridgehead atoms. The van der Waals surface area contributed by atoms with Crippen LogP contribution in [0.2, 0.25) is 0 Å². The van der Waals surface area contributed by atoms with E-state index in [9.17, 15) is 0 Å². The number of nitrogens with zero attached hydrogens (tertiary/aromatic N) is 3. The molecule has 1 aromatic carbocycles. The molecule has 1 fully saturated rings. The number of guanidine groups is 1. The van der Waals surface area contributed by atoms with E-state index in [4.69, 9.17) is 9.73 Å². The number of hydrogen-bond acceptors (Lipinski definition) is 4. The molecule has 0 saturated carbocycles. The molecule has 0 radical (unpaired) electrons. The van der Waals surface area contributed by atoms with Crippen molar-refractivity contribution in [2.75, 3.05) is 53.0 Å². The van der Waals surface area contributed by atoms with Gasteiger partial charge in [0.1, 0.15) is 0 Å². The van der Waals surface area contributed by atoms with Gasteiger partial charge in [-0.05, 0) is 37.6 Å². The number of rotatable bonds is 10. The standard InChI is InChI=1S/C23H41N5O/c1-6-24-23(26-17-22(19(3)4)28-11-13-29-14-12-28)25-16-20-9-8-10-21(15-20)18-27(5)7-2/h8-10,15,19,22H,6-7,11-14,16-18H2,1-5H3,(H2,24,25,26). The van der Waals surface area contributed by atoms with Crippen LogP contribution in [-0.4, -0.2) is 74.8 Å². The van der Waals surface area contributed by atoms with E-state index >= 15 is 0 Å². The van der Waals surface area contributed by atoms with Gasteiger partial charge in [0.2, 0.25) is 0 Å². The molecule has 1 aliphatic heterocycles. The Balaban J connectivity index is 1.97. The molecule has 2 rings (SSSR count). The summed E-state index contributed by atoms with van der Waals surface area (Å²) in [7, 11) is 2.15. The highest BCUT2D eigenvalue weighted by molar-refractivity contribution is 5.79. The predicted octanol–water partition coefficient (Wildman–Crippen LogP) is 2.55. The van der Waals surface area contributed by atoms with Crippen molar-refractivity contribution in [3.63, 3.8) is 0 Å². The summed E-state index contributed by atoms with van der Waals surface area (Å²) in [4.78, 5) is 9.69. The van der Waals surface area contributed by atoms with Crippen molar-refractivity contribution < 1.29 is 4.74 Å². The molecule has 0 amide bonds. The van der Waals surface area contributed by atoms with Gasteiger partial charge in [0.15, 0.2) is 5.96 Å². The average molecular weight is 404 g/mol. The molecule has 1 aromatic rings. The van der Waals surface area contributed by atoms with Crippen LogP contribution >= 0.6 is 0 Å². The zero-order chi connectivity index (χ0) is 21.1. The fraction of sp³-hybridized carbons (Fsp3) is 0.696. The Bertz CT molecular complexity index is 613. The van der Waals surface area contributed by atoms with E-state index in [1.807, 2.05) is 0 Å². The summed E-state index contributed by atoms with van der Waals surface area (Å²) in [5, 5.41) is 6.97. The molecule has 29 heavy (non-hydrogen) atoms. The molecule has 0 aliphatic carbocycles. The fourth-order valence-corrected chi connectivity index (χ4v) is 3.66. The lowest BCUT2D eigenvalue weighted by atomic mass is 10.0. The fourth-order valence-electron chi connectivity index (χ4n) is 3.66. The summed E-state index contributed by atoms with van der Waals surface area (Å²) in [6, 6.07) is 9.24. The second-order valence-corrected chi connectivity index (χ2v) is 8.19. The molecule has 0 spiro atoms. The highest BCUT2D eigenvalue weighted by Gasteiger charge is 2.23. The number of morpholine rings is 1. The molecule has 1 heterocycles. The van der Waals surface area contributed by atoms with E-state index in [0.717, 1.165) is 58.4 Å². The van der Waals surface area contributed by atoms with E-state index in [1.54, 1.807) is 0 Å². The van der Waals surface area contributed by atoms with Crippen molar-refractivity contribution in [1.29, 1.82) is 0 Å². The molecule has 6 heteroatoms. The normalized spacial score (nSPS) is 17.0. The van der Waals surface area contributed by atoms with E-state index in [-0.39, 0.29) is 0 Å². The van der Waals surface area contributed by atoms with E-state index in [0.29, 0.717) is 18.5 Å². The van der Waals surface area contributed by atoms with Gasteiger partial charge in [0.25, 0.3) is 0 Å². The van der Waals surface area contributed by atoms with Gasteiger partial charge in [-0.2, -0.15) is 0 Å². The van der Waals surface area contributed by atoms with Crippen molar-refractivity contribution in [2.24, 2.45) is 10.9 Å². The maximum atomic E-state index is 5.52. The van der Waals surface area contributed by atoms with Crippen molar-refractivity contribution in [2.45, 2.75) is 46.8 Å². The Morgan fingerprint density at radius 3 is 2.55 bits per heavy atom. The van der Waals surface area contributed by atoms with E-state index in [2.05, 4.69) is 79.4 Å². The maximum Gasteiger partial charge on any atom is 0.191 e. The van der Waals surface area contributed by atoms with Gasteiger partial charge in [-0.3, -0.25) is 4.90 Å². The quantitative estimate of drug-likeness (QED) is 0.464. The minimum atomic E-state index is 0.482. The minimum absolute atomic E-state index is 0.482. The summed E-state index contributed by atoms with van der Waals surface area (Å²) < 4.78 is 5.52. The van der Waals surface area contributed by atoms with Crippen molar-refractivity contribution in [3.8, 4) is 0 Å². The number of hydrogen-bond donors (Lipinski definition) is 2. The molecule has 164 valence electrons. The monoisotopic (exact) mass is 403 g/mol. The smallest absolute Gasteiger partial charge is 0.191 e. The first kappa shape index (κ1) is 23.6. The average Bonchev–Trinajstić information content (AvgIpc) is 2.72. The molecule has 1 saturated heterocycles. The zero-order valence-electron chi connectivity index (χ0n) is 19.1. The molecule has 1 unspecified atom stereocenters. The molecule has 1 atom stereocenters. The third-order valence-corrected chi connectivity index (χ3v) is 5.51. The third-order valence-electron chi connectivity index (χ3n) is 5.51. The molecular formula is C23H41N5O. The predicted molar refractivity (Wildman–Crippen MR) is 122 cm³/mol. The summed E-state index contributed by atoms with van der Waals surface area (Å²) in [5.41, 5.74) is 2.59. The van der Waals surface area contributed by atoms with Crippen LogP contribution in [0.15, 0.2) is 29.3 Å². The van der Waals surface area contributed by atoms with Crippen LogP contribution in [0.5, 0.6) is 0 Å². The second kappa shape index (κ2) is 12.8. The van der Waals surface area contributed by atoms with Gasteiger partial charge >= 0.3 is 0 Å². The number of ether oxygens (including phenoxy) is 1. The molecule has 1 aliphatic rings. The zero-order valence-corrected chi connectivity index (χ0v) is 19.1. The van der Waals surface area contributed by atoms with Crippen molar-refractivity contribution in [3.05, 3.63) is 35.4 Å². The van der Waals surface area contributed by atoms with Crippen LogP contribution in [0.4, 0.5) is 0 Å². The van der Waals surface area contributed by atoms with Gasteiger partial charge in [-0.15, -0.1) is 0 Å². The van der Waals surface area contributed by atoms with E-state index < -0.39 is 0 Å². The Kier molecular flexibility index (Phi) is 10.5. The lowest BCUT2D eigenvalue weighted by Crippen LogP contribution is -2.52. The van der Waals surface area contributed by atoms with Crippen LogP contribution in [0, 0.1) is 5.92 Å². The van der Waals surface area contributed by atoms with Crippen LogP contribution in [0.3, 0.4) is 0 Å². The van der Waals surface area contributed by atoms with Gasteiger partial charge in [0.05, 0.1) is 19.8 Å². The first-order chi connectivity index (χ1) is 14.0. The highest BCUT2D eigenvalue weighted by Crippen LogP contribution is 2.12. The van der Waals surface area contributed by atoms with Crippen LogP contribution in [0.1, 0.15) is 38.8 Å². The topological polar surface area (TPSA) is 52.1 Å². The second-order valence-electron chi connectivity index (χ2n) is 8.19.